The zero-order valence-electron chi connectivity index (χ0n) is 12.2. The molecule has 0 bridgehead atoms. The Morgan fingerprint density at radius 1 is 1.48 bits per heavy atom. The summed E-state index contributed by atoms with van der Waals surface area (Å²) >= 11 is 1.49. The van der Waals surface area contributed by atoms with Gasteiger partial charge >= 0.3 is 0 Å². The Morgan fingerprint density at radius 3 is 2.95 bits per heavy atom. The van der Waals surface area contributed by atoms with E-state index < -0.39 is 15.6 Å². The van der Waals surface area contributed by atoms with Crippen LogP contribution in [0.4, 0.5) is 5.69 Å². The molecule has 1 unspecified atom stereocenters. The van der Waals surface area contributed by atoms with Crippen molar-refractivity contribution in [2.45, 2.75) is 30.2 Å². The number of nitrogens with two attached hydrogens (primary N) is 1. The first kappa shape index (κ1) is 16.6. The maximum absolute atomic E-state index is 12.2. The third-order valence-electron chi connectivity index (χ3n) is 3.32. The van der Waals surface area contributed by atoms with Gasteiger partial charge in [-0.2, -0.15) is 0 Å². The van der Waals surface area contributed by atoms with Crippen LogP contribution in [0.2, 0.25) is 0 Å². The van der Waals surface area contributed by atoms with Crippen molar-refractivity contribution >= 4 is 27.5 Å². The second-order valence-electron chi connectivity index (χ2n) is 5.56. The first-order valence-corrected chi connectivity index (χ1v) is 9.60. The van der Waals surface area contributed by atoms with Crippen molar-refractivity contribution in [3.05, 3.63) is 24.3 Å². The Labute approximate surface area is 130 Å². The fourth-order valence-electron chi connectivity index (χ4n) is 2.31. The Balaban J connectivity index is 1.83. The Bertz CT molecular complexity index is 569. The molecule has 0 radical (unpaired) electrons. The number of hydrogen-bond donors (Lipinski definition) is 2. The van der Waals surface area contributed by atoms with Crippen LogP contribution in [-0.2, 0) is 14.8 Å². The van der Waals surface area contributed by atoms with Gasteiger partial charge in [-0.25, -0.2) is 13.1 Å². The topological polar surface area (TPSA) is 81.4 Å². The molecule has 0 spiro atoms. The van der Waals surface area contributed by atoms with Gasteiger partial charge in [0.25, 0.3) is 0 Å². The van der Waals surface area contributed by atoms with E-state index in [2.05, 4.69) is 4.72 Å². The summed E-state index contributed by atoms with van der Waals surface area (Å²) in [5.74, 6) is 0.581. The van der Waals surface area contributed by atoms with Gasteiger partial charge in [-0.3, -0.25) is 0 Å². The number of sulfonamides is 1. The smallest absolute Gasteiger partial charge is 0.212 e. The molecule has 0 aromatic heterocycles. The van der Waals surface area contributed by atoms with Crippen LogP contribution < -0.4 is 10.5 Å². The molecule has 2 rings (SSSR count). The molecule has 118 valence electrons. The van der Waals surface area contributed by atoms with E-state index in [9.17, 15) is 8.42 Å². The fraction of sp³-hybridized carbons (Fsp3) is 0.571. The van der Waals surface area contributed by atoms with Crippen LogP contribution in [0.5, 0.6) is 0 Å². The first-order chi connectivity index (χ1) is 9.89. The third kappa shape index (κ3) is 5.50. The summed E-state index contributed by atoms with van der Waals surface area (Å²) in [7, 11) is -3.30. The monoisotopic (exact) mass is 330 g/mol. The van der Waals surface area contributed by atoms with Crippen LogP contribution in [0.3, 0.4) is 0 Å². The predicted octanol–water partition coefficient (Wildman–Crippen LogP) is 1.85. The highest BCUT2D eigenvalue weighted by Gasteiger charge is 2.31. The van der Waals surface area contributed by atoms with E-state index in [1.165, 1.54) is 11.8 Å². The molecule has 1 aliphatic rings. The number of nitrogens with one attached hydrogen (secondary N) is 1. The number of hydrogen-bond acceptors (Lipinski definition) is 5. The number of rotatable bonds is 6. The Morgan fingerprint density at radius 2 is 2.29 bits per heavy atom. The molecule has 1 aromatic carbocycles. The third-order valence-corrected chi connectivity index (χ3v) is 6.12. The molecule has 1 saturated heterocycles. The summed E-state index contributed by atoms with van der Waals surface area (Å²) in [5.41, 5.74) is 5.91. The lowest BCUT2D eigenvalue weighted by atomic mass is 9.97. The molecule has 21 heavy (non-hydrogen) atoms. The minimum Gasteiger partial charge on any atom is -0.399 e. The van der Waals surface area contributed by atoms with E-state index in [0.29, 0.717) is 24.7 Å². The van der Waals surface area contributed by atoms with Gasteiger partial charge in [0.05, 0.1) is 17.9 Å². The van der Waals surface area contributed by atoms with E-state index in [-0.39, 0.29) is 5.75 Å². The molecule has 1 aliphatic heterocycles. The highest BCUT2D eigenvalue weighted by Crippen LogP contribution is 2.22. The molecule has 7 heteroatoms. The van der Waals surface area contributed by atoms with E-state index >= 15 is 0 Å². The molecule has 0 amide bonds. The largest absolute Gasteiger partial charge is 0.399 e. The highest BCUT2D eigenvalue weighted by atomic mass is 32.2. The number of benzene rings is 1. The number of thioether (sulfide) groups is 1. The highest BCUT2D eigenvalue weighted by molar-refractivity contribution is 8.00. The molecule has 1 aromatic rings. The lowest BCUT2D eigenvalue weighted by molar-refractivity contribution is 0.0387. The van der Waals surface area contributed by atoms with Gasteiger partial charge in [-0.15, -0.1) is 11.8 Å². The molecular weight excluding hydrogens is 308 g/mol. The van der Waals surface area contributed by atoms with Crippen LogP contribution in [0.25, 0.3) is 0 Å². The fourth-order valence-corrected chi connectivity index (χ4v) is 5.17. The zero-order chi connectivity index (χ0) is 15.3. The quantitative estimate of drug-likeness (QED) is 0.614. The summed E-state index contributed by atoms with van der Waals surface area (Å²) in [6.07, 6.45) is 1.70. The van der Waals surface area contributed by atoms with Crippen LogP contribution in [0.1, 0.15) is 19.8 Å². The van der Waals surface area contributed by atoms with Gasteiger partial charge < -0.3 is 10.5 Å². The second-order valence-corrected chi connectivity index (χ2v) is 8.57. The molecule has 0 aliphatic carbocycles. The molecule has 3 N–H and O–H groups in total. The summed E-state index contributed by atoms with van der Waals surface area (Å²) in [6.45, 7) is 3.05. The summed E-state index contributed by atoms with van der Waals surface area (Å²) in [6, 6.07) is 7.45. The molecular formula is C14H22N2O3S2. The Hall–Kier alpha value is -0.760. The van der Waals surface area contributed by atoms with Gasteiger partial charge in [0, 0.05) is 22.9 Å². The average Bonchev–Trinajstić information content (AvgIpc) is 2.38. The summed E-state index contributed by atoms with van der Waals surface area (Å²) < 4.78 is 32.5. The second kappa shape index (κ2) is 7.00. The van der Waals surface area contributed by atoms with Crippen molar-refractivity contribution < 1.29 is 13.2 Å². The SMILES string of the molecule is CC1(NS(=O)(=O)CCSc2cccc(N)c2)CCCOC1. The van der Waals surface area contributed by atoms with Crippen LogP contribution in [-0.4, -0.2) is 38.7 Å². The van der Waals surface area contributed by atoms with E-state index in [4.69, 9.17) is 10.5 Å². The van der Waals surface area contributed by atoms with E-state index in [0.717, 1.165) is 17.7 Å². The maximum Gasteiger partial charge on any atom is 0.212 e. The first-order valence-electron chi connectivity index (χ1n) is 6.96. The van der Waals surface area contributed by atoms with E-state index in [1.54, 1.807) is 0 Å². The lowest BCUT2D eigenvalue weighted by Crippen LogP contribution is -2.52. The minimum atomic E-state index is -3.30. The van der Waals surface area contributed by atoms with Gasteiger partial charge in [-0.1, -0.05) is 6.07 Å². The molecule has 1 heterocycles. The predicted molar refractivity (Wildman–Crippen MR) is 87.0 cm³/mol. The summed E-state index contributed by atoms with van der Waals surface area (Å²) in [4.78, 5) is 0.984. The minimum absolute atomic E-state index is 0.0854. The van der Waals surface area contributed by atoms with Gasteiger partial charge in [0.2, 0.25) is 10.0 Å². The normalized spacial score (nSPS) is 23.1. The molecule has 5 nitrogen and oxygen atoms in total. The number of nitrogen functional groups attached to an aromatic ring is 1. The van der Waals surface area contributed by atoms with Crippen molar-refractivity contribution in [2.24, 2.45) is 0 Å². The number of ether oxygens (including phenoxy) is 1. The Kier molecular flexibility index (Phi) is 5.54. The maximum atomic E-state index is 12.2. The number of anilines is 1. The van der Waals surface area contributed by atoms with Crippen LogP contribution >= 0.6 is 11.8 Å². The van der Waals surface area contributed by atoms with Crippen LogP contribution in [0, 0.1) is 0 Å². The standard InChI is InChI=1S/C14H22N2O3S2/c1-14(6-3-7-19-11-14)16-21(17,18)9-8-20-13-5-2-4-12(15)10-13/h2,4-5,10,16H,3,6-9,11,15H2,1H3. The van der Waals surface area contributed by atoms with Crippen molar-refractivity contribution in [1.82, 2.24) is 4.72 Å². The van der Waals surface area contributed by atoms with Gasteiger partial charge in [0.1, 0.15) is 0 Å². The van der Waals surface area contributed by atoms with Crippen molar-refractivity contribution in [1.29, 1.82) is 0 Å². The zero-order valence-corrected chi connectivity index (χ0v) is 13.8. The van der Waals surface area contributed by atoms with Gasteiger partial charge in [-0.05, 0) is 38.0 Å². The summed E-state index contributed by atoms with van der Waals surface area (Å²) in [5, 5.41) is 0. The van der Waals surface area contributed by atoms with Crippen molar-refractivity contribution in [3.63, 3.8) is 0 Å². The van der Waals surface area contributed by atoms with Crippen molar-refractivity contribution in [2.75, 3.05) is 30.5 Å². The average molecular weight is 330 g/mol. The van der Waals surface area contributed by atoms with Crippen LogP contribution in [0.15, 0.2) is 29.2 Å². The van der Waals surface area contributed by atoms with Crippen molar-refractivity contribution in [3.8, 4) is 0 Å². The van der Waals surface area contributed by atoms with Gasteiger partial charge in [0.15, 0.2) is 0 Å². The molecule has 0 saturated carbocycles. The molecule has 1 atom stereocenters. The van der Waals surface area contributed by atoms with E-state index in [1.807, 2.05) is 31.2 Å². The molecule has 1 fully saturated rings. The lowest BCUT2D eigenvalue weighted by Gasteiger charge is -2.33.